The van der Waals surface area contributed by atoms with E-state index >= 15 is 0 Å². The number of allylic oxidation sites excluding steroid dienone is 2. The number of unbranched alkanes of at least 4 members (excludes halogenated alkanes) is 3. The lowest BCUT2D eigenvalue weighted by Crippen LogP contribution is -2.35. The van der Waals surface area contributed by atoms with Gasteiger partial charge in [-0.3, -0.25) is 9.59 Å². The Kier molecular flexibility index (Phi) is 10.3. The first kappa shape index (κ1) is 24.7. The van der Waals surface area contributed by atoms with Crippen LogP contribution < -0.4 is 0 Å². The molecule has 4 nitrogen and oxygen atoms in total. The van der Waals surface area contributed by atoms with Crippen molar-refractivity contribution < 1.29 is 28.6 Å². The number of hydrogen-bond donors (Lipinski definition) is 2. The number of carboxylic acids is 1. The SMILES string of the molecule is CCCCCC(C)(O)CC[C@@]1([C](F)F)CCC(=O)[C@@H]1CC=CCCCC(=O)O. The van der Waals surface area contributed by atoms with Crippen molar-refractivity contribution in [3.63, 3.8) is 0 Å². The summed E-state index contributed by atoms with van der Waals surface area (Å²) < 4.78 is 28.0. The Bertz CT molecular complexity index is 531. The van der Waals surface area contributed by atoms with Crippen molar-refractivity contribution in [1.29, 1.82) is 0 Å². The van der Waals surface area contributed by atoms with E-state index < -0.39 is 29.3 Å². The highest BCUT2D eigenvalue weighted by molar-refractivity contribution is 5.84. The molecule has 2 N–H and O–H groups in total. The second-order valence-corrected chi connectivity index (χ2v) is 8.38. The molecule has 0 bridgehead atoms. The smallest absolute Gasteiger partial charge is 0.317 e. The number of hydrogen-bond acceptors (Lipinski definition) is 3. The van der Waals surface area contributed by atoms with Crippen molar-refractivity contribution in [2.45, 2.75) is 96.5 Å². The maximum Gasteiger partial charge on any atom is 0.317 e. The molecule has 1 aliphatic rings. The zero-order valence-corrected chi connectivity index (χ0v) is 17.2. The third-order valence-corrected chi connectivity index (χ3v) is 5.98. The molecule has 6 heteroatoms. The van der Waals surface area contributed by atoms with Crippen LogP contribution in [0.5, 0.6) is 0 Å². The van der Waals surface area contributed by atoms with Gasteiger partial charge in [-0.05, 0) is 51.9 Å². The standard InChI is InChI=1S/C22H35F2O4/c1-3-4-9-13-21(2,28)15-16-22(20(23)24)14-12-18(25)17(22)10-7-5-6-8-11-19(26)27/h5,7,17,28H,3-4,6,8-16H2,1-2H3,(H,26,27)/t17-,21?,22-/m0/s1. The highest BCUT2D eigenvalue weighted by Crippen LogP contribution is 2.54. The molecule has 0 amide bonds. The van der Waals surface area contributed by atoms with Gasteiger partial charge < -0.3 is 10.2 Å². The minimum atomic E-state index is -1.70. The summed E-state index contributed by atoms with van der Waals surface area (Å²) in [5.41, 5.74) is -2.45. The van der Waals surface area contributed by atoms with Gasteiger partial charge >= 0.3 is 12.4 Å². The summed E-state index contributed by atoms with van der Waals surface area (Å²) in [6.07, 6.45) is 7.25. The van der Waals surface area contributed by atoms with Crippen LogP contribution in [-0.2, 0) is 9.59 Å². The van der Waals surface area contributed by atoms with Crippen LogP contribution in [0.3, 0.4) is 0 Å². The fourth-order valence-corrected chi connectivity index (χ4v) is 4.07. The molecule has 1 radical (unpaired) electrons. The number of halogens is 2. The van der Waals surface area contributed by atoms with Gasteiger partial charge in [0.25, 0.3) is 0 Å². The summed E-state index contributed by atoms with van der Waals surface area (Å²) in [6, 6.07) is 0. The van der Waals surface area contributed by atoms with Gasteiger partial charge in [0.2, 0.25) is 0 Å². The average molecular weight is 402 g/mol. The van der Waals surface area contributed by atoms with Crippen LogP contribution in [0.15, 0.2) is 12.2 Å². The van der Waals surface area contributed by atoms with Gasteiger partial charge in [-0.25, -0.2) is 0 Å². The maximum atomic E-state index is 14.0. The van der Waals surface area contributed by atoms with Crippen molar-refractivity contribution in [3.05, 3.63) is 18.6 Å². The molecule has 0 aromatic carbocycles. The summed E-state index contributed by atoms with van der Waals surface area (Å²) in [5, 5.41) is 19.2. The number of aliphatic hydroxyl groups is 1. The highest BCUT2D eigenvalue weighted by atomic mass is 19.3. The Morgan fingerprint density at radius 1 is 1.25 bits per heavy atom. The van der Waals surface area contributed by atoms with E-state index in [1.165, 1.54) is 0 Å². The van der Waals surface area contributed by atoms with Crippen molar-refractivity contribution in [3.8, 4) is 0 Å². The van der Waals surface area contributed by atoms with Crippen LogP contribution in [0.2, 0.25) is 0 Å². The van der Waals surface area contributed by atoms with E-state index in [4.69, 9.17) is 5.11 Å². The predicted octanol–water partition coefficient (Wildman–Crippen LogP) is 5.69. The topological polar surface area (TPSA) is 74.6 Å². The lowest BCUT2D eigenvalue weighted by Gasteiger charge is -2.35. The summed E-state index contributed by atoms with van der Waals surface area (Å²) in [5.74, 6) is -1.77. The Balaban J connectivity index is 2.71. The van der Waals surface area contributed by atoms with Crippen molar-refractivity contribution >= 4 is 11.8 Å². The van der Waals surface area contributed by atoms with Crippen LogP contribution in [-0.4, -0.2) is 27.6 Å². The van der Waals surface area contributed by atoms with E-state index in [1.807, 2.05) is 0 Å². The Morgan fingerprint density at radius 2 is 1.96 bits per heavy atom. The third kappa shape index (κ3) is 7.61. The number of ketones is 1. The van der Waals surface area contributed by atoms with Crippen LogP contribution in [0, 0.1) is 17.8 Å². The maximum absolute atomic E-state index is 14.0. The number of Topliss-reactive ketones (excluding diaryl/α,β-unsaturated/α-hetero) is 1. The van der Waals surface area contributed by atoms with E-state index in [9.17, 15) is 23.5 Å². The number of carboxylic acid groups (broad SMARTS) is 1. The van der Waals surface area contributed by atoms with E-state index in [0.717, 1.165) is 19.3 Å². The molecule has 0 saturated heterocycles. The summed E-state index contributed by atoms with van der Waals surface area (Å²) in [4.78, 5) is 22.8. The van der Waals surface area contributed by atoms with Crippen LogP contribution in [0.4, 0.5) is 8.78 Å². The Hall–Kier alpha value is -1.30. The lowest BCUT2D eigenvalue weighted by molar-refractivity contribution is -0.137. The first-order chi connectivity index (χ1) is 13.1. The summed E-state index contributed by atoms with van der Waals surface area (Å²) in [7, 11) is 0. The van der Waals surface area contributed by atoms with Gasteiger partial charge in [0, 0.05) is 18.8 Å². The highest BCUT2D eigenvalue weighted by Gasteiger charge is 2.54. The molecule has 3 atom stereocenters. The molecule has 1 aliphatic carbocycles. The molecule has 0 aromatic rings. The molecule has 1 unspecified atom stereocenters. The van der Waals surface area contributed by atoms with Gasteiger partial charge in [0.15, 0.2) is 0 Å². The molecule has 161 valence electrons. The zero-order chi connectivity index (χ0) is 21.2. The fraction of sp³-hybridized carbons (Fsp3) is 0.773. The minimum Gasteiger partial charge on any atom is -0.481 e. The van der Waals surface area contributed by atoms with Crippen LogP contribution in [0.1, 0.15) is 90.9 Å². The van der Waals surface area contributed by atoms with Gasteiger partial charge in [-0.1, -0.05) is 38.3 Å². The first-order valence-electron chi connectivity index (χ1n) is 10.4. The summed E-state index contributed by atoms with van der Waals surface area (Å²) >= 11 is 0. The van der Waals surface area contributed by atoms with Gasteiger partial charge in [-0.2, -0.15) is 8.78 Å². The molecule has 28 heavy (non-hydrogen) atoms. The zero-order valence-electron chi connectivity index (χ0n) is 17.2. The second-order valence-electron chi connectivity index (χ2n) is 8.38. The fourth-order valence-electron chi connectivity index (χ4n) is 4.07. The number of aliphatic carboxylic acids is 1. The molecule has 0 aromatic heterocycles. The Labute approximate surface area is 167 Å². The van der Waals surface area contributed by atoms with E-state index in [-0.39, 0.29) is 44.3 Å². The average Bonchev–Trinajstić information content (AvgIpc) is 2.93. The van der Waals surface area contributed by atoms with Crippen molar-refractivity contribution in [1.82, 2.24) is 0 Å². The normalized spacial score (nSPS) is 24.9. The molecular weight excluding hydrogens is 366 g/mol. The van der Waals surface area contributed by atoms with Gasteiger partial charge in [0.05, 0.1) is 11.0 Å². The minimum absolute atomic E-state index is 0.0661. The molecule has 1 fully saturated rings. The number of carbonyl (C=O) groups excluding carboxylic acids is 1. The monoisotopic (exact) mass is 401 g/mol. The van der Waals surface area contributed by atoms with E-state index in [0.29, 0.717) is 19.3 Å². The third-order valence-electron chi connectivity index (χ3n) is 5.98. The van der Waals surface area contributed by atoms with Gasteiger partial charge in [0.1, 0.15) is 5.78 Å². The van der Waals surface area contributed by atoms with Crippen LogP contribution in [0.25, 0.3) is 0 Å². The van der Waals surface area contributed by atoms with Crippen molar-refractivity contribution in [2.75, 3.05) is 0 Å². The number of carbonyl (C=O) groups is 2. The predicted molar refractivity (Wildman–Crippen MR) is 105 cm³/mol. The molecule has 0 aliphatic heterocycles. The van der Waals surface area contributed by atoms with Crippen LogP contribution >= 0.6 is 0 Å². The molecule has 1 rings (SSSR count). The lowest BCUT2D eigenvalue weighted by atomic mass is 9.71. The van der Waals surface area contributed by atoms with E-state index in [1.54, 1.807) is 19.1 Å². The molecule has 1 saturated carbocycles. The van der Waals surface area contributed by atoms with Gasteiger partial charge in [-0.15, -0.1) is 0 Å². The van der Waals surface area contributed by atoms with Crippen molar-refractivity contribution in [2.24, 2.45) is 11.3 Å². The Morgan fingerprint density at radius 3 is 2.57 bits per heavy atom. The molecule has 0 spiro atoms. The second kappa shape index (κ2) is 11.6. The first-order valence-corrected chi connectivity index (χ1v) is 10.4. The quantitative estimate of drug-likeness (QED) is 0.289. The summed E-state index contributed by atoms with van der Waals surface area (Å²) in [6.45, 7) is 3.77. The largest absolute Gasteiger partial charge is 0.481 e. The van der Waals surface area contributed by atoms with E-state index in [2.05, 4.69) is 6.92 Å². The molecular formula is C22H35F2O4. The number of rotatable bonds is 14. The molecule has 0 heterocycles.